The maximum absolute atomic E-state index is 13.0. The molecule has 7 heteroatoms. The average molecular weight is 374 g/mol. The van der Waals surface area contributed by atoms with Crippen molar-refractivity contribution >= 4 is 29.2 Å². The molecule has 1 aliphatic rings. The number of primary amides is 1. The maximum Gasteiger partial charge on any atom is 0.267 e. The number of nitrogens with two attached hydrogens (primary N) is 1. The molecule has 0 saturated heterocycles. The molecule has 1 aromatic heterocycles. The van der Waals surface area contributed by atoms with Gasteiger partial charge in [-0.1, -0.05) is 17.7 Å². The highest BCUT2D eigenvalue weighted by Crippen LogP contribution is 2.30. The zero-order valence-electron chi connectivity index (χ0n) is 14.7. The third-order valence-corrected chi connectivity index (χ3v) is 4.39. The van der Waals surface area contributed by atoms with Crippen molar-refractivity contribution in [1.29, 1.82) is 0 Å². The zero-order valence-corrected chi connectivity index (χ0v) is 15.4. The van der Waals surface area contributed by atoms with E-state index in [2.05, 4.69) is 4.98 Å². The van der Waals surface area contributed by atoms with Gasteiger partial charge in [-0.25, -0.2) is 4.98 Å². The molecule has 2 aromatic rings. The lowest BCUT2D eigenvalue weighted by Gasteiger charge is -2.29. The number of anilines is 1. The van der Waals surface area contributed by atoms with E-state index in [0.717, 1.165) is 18.4 Å². The summed E-state index contributed by atoms with van der Waals surface area (Å²) in [4.78, 5) is 30.3. The summed E-state index contributed by atoms with van der Waals surface area (Å²) in [5.74, 6) is 0.186. The van der Waals surface area contributed by atoms with E-state index in [1.54, 1.807) is 35.2 Å². The molecule has 2 amide bonds. The molecular formula is C19H20ClN3O3. The van der Waals surface area contributed by atoms with Gasteiger partial charge in [-0.15, -0.1) is 0 Å². The molecule has 3 rings (SSSR count). The van der Waals surface area contributed by atoms with E-state index in [0.29, 0.717) is 28.7 Å². The fourth-order valence-electron chi connectivity index (χ4n) is 2.93. The number of amides is 2. The summed E-state index contributed by atoms with van der Waals surface area (Å²) in [6, 6.07) is 8.38. The third-order valence-electron chi connectivity index (χ3n) is 4.08. The first kappa shape index (κ1) is 18.2. The molecule has 136 valence electrons. The highest BCUT2D eigenvalue weighted by molar-refractivity contribution is 6.34. The van der Waals surface area contributed by atoms with Crippen LogP contribution >= 0.6 is 11.6 Å². The molecule has 1 aliphatic heterocycles. The minimum atomic E-state index is -0.626. The number of hydrogen-bond donors (Lipinski definition) is 1. The second-order valence-corrected chi connectivity index (χ2v) is 6.82. The van der Waals surface area contributed by atoms with Gasteiger partial charge in [0, 0.05) is 6.54 Å². The van der Waals surface area contributed by atoms with Gasteiger partial charge in [0.2, 0.25) is 0 Å². The fraction of sp³-hybridized carbons (Fsp3) is 0.316. The Balaban J connectivity index is 1.94. The Morgan fingerprint density at radius 3 is 2.69 bits per heavy atom. The summed E-state index contributed by atoms with van der Waals surface area (Å²) in [6.45, 7) is 4.33. The van der Waals surface area contributed by atoms with Crippen molar-refractivity contribution in [2.24, 2.45) is 5.73 Å². The first-order valence-electron chi connectivity index (χ1n) is 8.44. The molecule has 6 nitrogen and oxygen atoms in total. The predicted molar refractivity (Wildman–Crippen MR) is 100.0 cm³/mol. The Morgan fingerprint density at radius 1 is 1.27 bits per heavy atom. The first-order chi connectivity index (χ1) is 12.4. The molecule has 1 aromatic carbocycles. The summed E-state index contributed by atoms with van der Waals surface area (Å²) >= 11 is 6.31. The van der Waals surface area contributed by atoms with Crippen LogP contribution in [-0.2, 0) is 6.42 Å². The summed E-state index contributed by atoms with van der Waals surface area (Å²) < 4.78 is 5.60. The van der Waals surface area contributed by atoms with E-state index in [1.165, 1.54) is 0 Å². The van der Waals surface area contributed by atoms with E-state index in [-0.39, 0.29) is 17.7 Å². The monoisotopic (exact) mass is 373 g/mol. The SMILES string of the molecule is CC(C)Oc1ccc(C(=O)N2CCCc3ccc(C(N)=O)nc32)c(Cl)c1. The van der Waals surface area contributed by atoms with Gasteiger partial charge >= 0.3 is 0 Å². The van der Waals surface area contributed by atoms with Gasteiger partial charge in [0.15, 0.2) is 0 Å². The number of aryl methyl sites for hydroxylation is 1. The molecule has 2 N–H and O–H groups in total. The van der Waals surface area contributed by atoms with E-state index in [1.807, 2.05) is 13.8 Å². The maximum atomic E-state index is 13.0. The topological polar surface area (TPSA) is 85.5 Å². The summed E-state index contributed by atoms with van der Waals surface area (Å²) in [5.41, 5.74) is 6.73. The lowest BCUT2D eigenvalue weighted by atomic mass is 10.0. The highest BCUT2D eigenvalue weighted by Gasteiger charge is 2.27. The van der Waals surface area contributed by atoms with Crippen molar-refractivity contribution in [2.75, 3.05) is 11.4 Å². The smallest absolute Gasteiger partial charge is 0.267 e. The van der Waals surface area contributed by atoms with Gasteiger partial charge in [0.1, 0.15) is 17.3 Å². The lowest BCUT2D eigenvalue weighted by Crippen LogP contribution is -2.37. The number of carbonyl (C=O) groups is 2. The molecule has 0 atom stereocenters. The summed E-state index contributed by atoms with van der Waals surface area (Å²) in [7, 11) is 0. The number of ether oxygens (including phenoxy) is 1. The largest absolute Gasteiger partial charge is 0.491 e. The summed E-state index contributed by atoms with van der Waals surface area (Å²) in [6.07, 6.45) is 1.61. The van der Waals surface area contributed by atoms with E-state index < -0.39 is 5.91 Å². The summed E-state index contributed by atoms with van der Waals surface area (Å²) in [5, 5.41) is 0.311. The van der Waals surface area contributed by atoms with Crippen molar-refractivity contribution in [3.05, 3.63) is 52.2 Å². The van der Waals surface area contributed by atoms with Gasteiger partial charge in [-0.3, -0.25) is 14.5 Å². The molecule has 0 aliphatic carbocycles. The quantitative estimate of drug-likeness (QED) is 0.891. The van der Waals surface area contributed by atoms with Crippen LogP contribution < -0.4 is 15.4 Å². The zero-order chi connectivity index (χ0) is 18.8. The highest BCUT2D eigenvalue weighted by atomic mass is 35.5. The van der Waals surface area contributed by atoms with Gasteiger partial charge in [-0.05, 0) is 56.5 Å². The predicted octanol–water partition coefficient (Wildman–Crippen LogP) is 3.21. The normalized spacial score (nSPS) is 13.5. The first-order valence-corrected chi connectivity index (χ1v) is 8.82. The minimum absolute atomic E-state index is 0.0120. The van der Waals surface area contributed by atoms with Gasteiger partial charge in [0.25, 0.3) is 11.8 Å². The molecular weight excluding hydrogens is 354 g/mol. The number of carbonyl (C=O) groups excluding carboxylic acids is 2. The number of aromatic nitrogens is 1. The lowest BCUT2D eigenvalue weighted by molar-refractivity contribution is 0.0975. The van der Waals surface area contributed by atoms with Gasteiger partial charge < -0.3 is 10.5 Å². The molecule has 0 spiro atoms. The van der Waals surface area contributed by atoms with Crippen LogP contribution in [0.15, 0.2) is 30.3 Å². The number of benzene rings is 1. The Bertz CT molecular complexity index is 867. The van der Waals surface area contributed by atoms with Crippen LogP contribution in [-0.4, -0.2) is 29.4 Å². The molecule has 26 heavy (non-hydrogen) atoms. The number of hydrogen-bond acceptors (Lipinski definition) is 4. The van der Waals surface area contributed by atoms with Crippen LogP contribution in [0, 0.1) is 0 Å². The van der Waals surface area contributed by atoms with Crippen LogP contribution in [0.25, 0.3) is 0 Å². The van der Waals surface area contributed by atoms with Gasteiger partial charge in [-0.2, -0.15) is 0 Å². The van der Waals surface area contributed by atoms with Crippen molar-refractivity contribution in [2.45, 2.75) is 32.8 Å². The Labute approximate surface area is 156 Å². The number of halogens is 1. The van der Waals surface area contributed by atoms with Crippen molar-refractivity contribution in [3.8, 4) is 5.75 Å². The number of nitrogens with zero attached hydrogens (tertiary/aromatic N) is 2. The van der Waals surface area contributed by atoms with Crippen LogP contribution in [0.3, 0.4) is 0 Å². The third kappa shape index (κ3) is 3.65. The molecule has 0 saturated carbocycles. The van der Waals surface area contributed by atoms with E-state index in [4.69, 9.17) is 22.1 Å². The molecule has 0 radical (unpaired) electrons. The Morgan fingerprint density at radius 2 is 2.04 bits per heavy atom. The number of fused-ring (bicyclic) bond motifs is 1. The fourth-order valence-corrected chi connectivity index (χ4v) is 3.19. The van der Waals surface area contributed by atoms with Crippen LogP contribution in [0.4, 0.5) is 5.82 Å². The van der Waals surface area contributed by atoms with E-state index in [9.17, 15) is 9.59 Å². The molecule has 2 heterocycles. The standard InChI is InChI=1S/C19H20ClN3O3/c1-11(2)26-13-6-7-14(15(20)10-13)19(25)23-9-3-4-12-5-8-16(17(21)24)22-18(12)23/h5-8,10-11H,3-4,9H2,1-2H3,(H2,21,24). The van der Waals surface area contributed by atoms with Crippen LogP contribution in [0.2, 0.25) is 5.02 Å². The average Bonchev–Trinajstić information content (AvgIpc) is 2.59. The minimum Gasteiger partial charge on any atom is -0.491 e. The second kappa shape index (κ2) is 7.33. The van der Waals surface area contributed by atoms with Crippen molar-refractivity contribution in [3.63, 3.8) is 0 Å². The number of pyridine rings is 1. The van der Waals surface area contributed by atoms with Crippen LogP contribution in [0.1, 0.15) is 46.7 Å². The van der Waals surface area contributed by atoms with Crippen molar-refractivity contribution < 1.29 is 14.3 Å². The van der Waals surface area contributed by atoms with Crippen LogP contribution in [0.5, 0.6) is 5.75 Å². The molecule has 0 unspecified atom stereocenters. The molecule has 0 bridgehead atoms. The Kier molecular flexibility index (Phi) is 5.13. The Hall–Kier alpha value is -2.60. The van der Waals surface area contributed by atoms with E-state index >= 15 is 0 Å². The second-order valence-electron chi connectivity index (χ2n) is 6.41. The van der Waals surface area contributed by atoms with Gasteiger partial charge in [0.05, 0.1) is 16.7 Å². The number of rotatable bonds is 4. The molecule has 0 fully saturated rings. The van der Waals surface area contributed by atoms with Crippen molar-refractivity contribution in [1.82, 2.24) is 4.98 Å².